The highest BCUT2D eigenvalue weighted by Gasteiger charge is 1.98. The van der Waals surface area contributed by atoms with Gasteiger partial charge in [-0.3, -0.25) is 0 Å². The van der Waals surface area contributed by atoms with Crippen LogP contribution in [0.25, 0.3) is 5.76 Å². The molecule has 0 bridgehead atoms. The number of benzene rings is 1. The van der Waals surface area contributed by atoms with Gasteiger partial charge in [0.1, 0.15) is 5.76 Å². The van der Waals surface area contributed by atoms with Gasteiger partial charge in [0.05, 0.1) is 0 Å². The molecular weight excluding hydrogens is 188 g/mol. The van der Waals surface area contributed by atoms with Crippen LogP contribution in [-0.2, 0) is 4.43 Å². The zero-order valence-corrected chi connectivity index (χ0v) is 9.93. The van der Waals surface area contributed by atoms with Gasteiger partial charge in [-0.05, 0) is 25.1 Å². The minimum atomic E-state index is 0.703. The molecular formula is C9H11ClOSi. The molecule has 1 aromatic rings. The predicted molar refractivity (Wildman–Crippen MR) is 56.1 cm³/mol. The molecule has 0 saturated carbocycles. The molecule has 0 aromatic heterocycles. The van der Waals surface area contributed by atoms with Crippen molar-refractivity contribution in [2.75, 3.05) is 0 Å². The first-order valence-corrected chi connectivity index (χ1v) is 4.93. The molecule has 3 heteroatoms. The maximum absolute atomic E-state index is 5.83. The van der Waals surface area contributed by atoms with Gasteiger partial charge in [0.25, 0.3) is 0 Å². The Morgan fingerprint density at radius 3 is 2.83 bits per heavy atom. The average molecular weight is 199 g/mol. The minimum absolute atomic E-state index is 0.703. The fourth-order valence-electron chi connectivity index (χ4n) is 1.04. The largest absolute Gasteiger partial charge is 0.553 e. The molecule has 0 spiro atoms. The highest BCUT2D eigenvalue weighted by atomic mass is 35.5. The zero-order chi connectivity index (χ0) is 8.97. The quantitative estimate of drug-likeness (QED) is 0.522. The van der Waals surface area contributed by atoms with Gasteiger partial charge in [0, 0.05) is 10.6 Å². The van der Waals surface area contributed by atoms with Gasteiger partial charge in [-0.15, -0.1) is 0 Å². The van der Waals surface area contributed by atoms with E-state index in [0.717, 1.165) is 16.3 Å². The second-order valence-electron chi connectivity index (χ2n) is 2.37. The summed E-state index contributed by atoms with van der Waals surface area (Å²) in [6.07, 6.45) is 1.94. The average Bonchev–Trinajstić information content (AvgIpc) is 2.07. The van der Waals surface area contributed by atoms with Crippen molar-refractivity contribution < 1.29 is 4.43 Å². The van der Waals surface area contributed by atoms with E-state index >= 15 is 0 Å². The molecule has 0 aliphatic rings. The predicted octanol–water partition coefficient (Wildman–Crippen LogP) is 2.00. The molecule has 12 heavy (non-hydrogen) atoms. The molecule has 0 aliphatic carbocycles. The molecule has 0 N–H and O–H groups in total. The van der Waals surface area contributed by atoms with Crippen LogP contribution in [0.4, 0.5) is 0 Å². The first kappa shape index (κ1) is 9.36. The standard InChI is InChI=1S/C9H11ClOSi/c1-2-9(11-12)7-4-3-5-8(10)6-7/h2-6H,1,12H3/b9-2-. The third-order valence-electron chi connectivity index (χ3n) is 1.59. The molecule has 0 amide bonds. The van der Waals surface area contributed by atoms with E-state index in [1.807, 2.05) is 37.3 Å². The van der Waals surface area contributed by atoms with Crippen molar-refractivity contribution in [2.45, 2.75) is 6.92 Å². The van der Waals surface area contributed by atoms with Crippen molar-refractivity contribution >= 4 is 27.8 Å². The van der Waals surface area contributed by atoms with E-state index in [1.165, 1.54) is 0 Å². The van der Waals surface area contributed by atoms with Gasteiger partial charge in [0.2, 0.25) is 10.5 Å². The monoisotopic (exact) mass is 198 g/mol. The normalized spacial score (nSPS) is 11.7. The Hall–Kier alpha value is -0.733. The summed E-state index contributed by atoms with van der Waals surface area (Å²) in [4.78, 5) is 0. The van der Waals surface area contributed by atoms with Gasteiger partial charge >= 0.3 is 0 Å². The molecule has 0 saturated heterocycles. The van der Waals surface area contributed by atoms with Crippen LogP contribution < -0.4 is 0 Å². The Kier molecular flexibility index (Phi) is 3.38. The van der Waals surface area contributed by atoms with Gasteiger partial charge in [-0.2, -0.15) is 0 Å². The lowest BCUT2D eigenvalue weighted by atomic mass is 10.2. The molecule has 0 unspecified atom stereocenters. The van der Waals surface area contributed by atoms with Gasteiger partial charge < -0.3 is 4.43 Å². The minimum Gasteiger partial charge on any atom is -0.553 e. The zero-order valence-electron chi connectivity index (χ0n) is 7.17. The molecule has 0 radical (unpaired) electrons. The van der Waals surface area contributed by atoms with Crippen LogP contribution in [0.2, 0.25) is 5.02 Å². The molecule has 1 aromatic carbocycles. The lowest BCUT2D eigenvalue weighted by Crippen LogP contribution is -1.87. The highest BCUT2D eigenvalue weighted by Crippen LogP contribution is 2.18. The Labute approximate surface area is 80.5 Å². The Balaban J connectivity index is 3.02. The van der Waals surface area contributed by atoms with Crippen molar-refractivity contribution in [3.63, 3.8) is 0 Å². The smallest absolute Gasteiger partial charge is 0.204 e. The fraction of sp³-hybridized carbons (Fsp3) is 0.111. The molecule has 0 atom stereocenters. The van der Waals surface area contributed by atoms with E-state index in [4.69, 9.17) is 16.0 Å². The number of hydrogen-bond donors (Lipinski definition) is 0. The highest BCUT2D eigenvalue weighted by molar-refractivity contribution is 6.30. The maximum Gasteiger partial charge on any atom is 0.204 e. The van der Waals surface area contributed by atoms with Crippen LogP contribution in [0, 0.1) is 0 Å². The Bertz CT molecular complexity index is 296. The molecule has 1 rings (SSSR count). The lowest BCUT2D eigenvalue weighted by molar-refractivity contribution is 0.571. The van der Waals surface area contributed by atoms with E-state index in [2.05, 4.69) is 0 Å². The maximum atomic E-state index is 5.83. The third-order valence-corrected chi connectivity index (χ3v) is 2.27. The third kappa shape index (κ3) is 2.12. The number of halogens is 1. The molecule has 1 nitrogen and oxygen atoms in total. The summed E-state index contributed by atoms with van der Waals surface area (Å²) in [5, 5.41) is 0.741. The van der Waals surface area contributed by atoms with E-state index in [-0.39, 0.29) is 0 Å². The Morgan fingerprint density at radius 2 is 2.33 bits per heavy atom. The number of hydrogen-bond acceptors (Lipinski definition) is 1. The van der Waals surface area contributed by atoms with Crippen molar-refractivity contribution in [3.05, 3.63) is 40.9 Å². The van der Waals surface area contributed by atoms with Crippen molar-refractivity contribution in [1.29, 1.82) is 0 Å². The van der Waals surface area contributed by atoms with Gasteiger partial charge in [-0.1, -0.05) is 23.7 Å². The van der Waals surface area contributed by atoms with Gasteiger partial charge in [0.15, 0.2) is 0 Å². The second kappa shape index (κ2) is 4.33. The van der Waals surface area contributed by atoms with Crippen LogP contribution in [0.3, 0.4) is 0 Å². The van der Waals surface area contributed by atoms with Crippen LogP contribution in [0.1, 0.15) is 12.5 Å². The molecule has 0 heterocycles. The molecule has 0 aliphatic heterocycles. The fourth-order valence-corrected chi connectivity index (χ4v) is 1.71. The van der Waals surface area contributed by atoms with Crippen molar-refractivity contribution in [2.24, 2.45) is 0 Å². The second-order valence-corrected chi connectivity index (χ2v) is 3.21. The summed E-state index contributed by atoms with van der Waals surface area (Å²) in [5.41, 5.74) is 1.04. The van der Waals surface area contributed by atoms with Crippen molar-refractivity contribution in [3.8, 4) is 0 Å². The van der Waals surface area contributed by atoms with E-state index in [0.29, 0.717) is 10.5 Å². The van der Waals surface area contributed by atoms with E-state index in [1.54, 1.807) is 0 Å². The Morgan fingerprint density at radius 1 is 1.58 bits per heavy atom. The lowest BCUT2D eigenvalue weighted by Gasteiger charge is -2.05. The van der Waals surface area contributed by atoms with E-state index < -0.39 is 0 Å². The van der Waals surface area contributed by atoms with Crippen LogP contribution in [0.5, 0.6) is 0 Å². The summed E-state index contributed by atoms with van der Waals surface area (Å²) < 4.78 is 5.28. The first-order chi connectivity index (χ1) is 5.77. The summed E-state index contributed by atoms with van der Waals surface area (Å²) in [5.74, 6) is 0.907. The first-order valence-electron chi connectivity index (χ1n) is 3.74. The molecule has 64 valence electrons. The van der Waals surface area contributed by atoms with Crippen LogP contribution >= 0.6 is 11.6 Å². The SMILES string of the molecule is C/C=C(\O[SiH3])c1cccc(Cl)c1. The summed E-state index contributed by atoms with van der Waals surface area (Å²) >= 11 is 5.83. The van der Waals surface area contributed by atoms with Crippen LogP contribution in [0.15, 0.2) is 30.3 Å². The topological polar surface area (TPSA) is 9.23 Å². The number of rotatable bonds is 2. The summed E-state index contributed by atoms with van der Waals surface area (Å²) in [6, 6.07) is 7.65. The summed E-state index contributed by atoms with van der Waals surface area (Å²) in [6.45, 7) is 1.95. The van der Waals surface area contributed by atoms with E-state index in [9.17, 15) is 0 Å². The summed E-state index contributed by atoms with van der Waals surface area (Å²) in [7, 11) is 0.703. The number of allylic oxidation sites excluding steroid dienone is 1. The van der Waals surface area contributed by atoms with Crippen molar-refractivity contribution in [1.82, 2.24) is 0 Å². The van der Waals surface area contributed by atoms with Crippen LogP contribution in [-0.4, -0.2) is 10.5 Å². The van der Waals surface area contributed by atoms with Gasteiger partial charge in [-0.25, -0.2) is 0 Å². The molecule has 0 fully saturated rings.